The van der Waals surface area contributed by atoms with E-state index in [1.807, 2.05) is 20.9 Å². The van der Waals surface area contributed by atoms with Gasteiger partial charge in [-0.25, -0.2) is 4.98 Å². The number of nitrogens with one attached hydrogen (secondary N) is 1. The Morgan fingerprint density at radius 1 is 1.11 bits per heavy atom. The number of rotatable bonds is 3. The van der Waals surface area contributed by atoms with Crippen molar-refractivity contribution in [2.75, 3.05) is 32.7 Å². The molecule has 4 rings (SSSR count). The summed E-state index contributed by atoms with van der Waals surface area (Å²) in [7, 11) is 0. The van der Waals surface area contributed by atoms with Gasteiger partial charge in [-0.1, -0.05) is 19.3 Å². The average Bonchev–Trinajstić information content (AvgIpc) is 3.14. The smallest absolute Gasteiger partial charge is 0.274 e. The lowest BCUT2D eigenvalue weighted by molar-refractivity contribution is -0.120. The van der Waals surface area contributed by atoms with Crippen LogP contribution in [0.3, 0.4) is 0 Å². The van der Waals surface area contributed by atoms with Crippen LogP contribution in [0.2, 0.25) is 0 Å². The van der Waals surface area contributed by atoms with Crippen molar-refractivity contribution in [3.8, 4) is 0 Å². The monoisotopic (exact) mass is 389 g/mol. The molecule has 0 radical (unpaired) electrons. The van der Waals surface area contributed by atoms with Gasteiger partial charge in [-0.15, -0.1) is 11.3 Å². The average molecular weight is 390 g/mol. The summed E-state index contributed by atoms with van der Waals surface area (Å²) in [5.41, 5.74) is 1.54. The Kier molecular flexibility index (Phi) is 5.73. The lowest BCUT2D eigenvalue weighted by Gasteiger charge is -2.25. The van der Waals surface area contributed by atoms with Gasteiger partial charge in [-0.3, -0.25) is 18.9 Å². The number of hydrogen-bond acceptors (Lipinski definition) is 5. The molecule has 0 spiro atoms. The van der Waals surface area contributed by atoms with Crippen LogP contribution in [-0.2, 0) is 11.3 Å². The van der Waals surface area contributed by atoms with E-state index in [0.29, 0.717) is 31.7 Å². The van der Waals surface area contributed by atoms with E-state index in [9.17, 15) is 9.59 Å². The van der Waals surface area contributed by atoms with Crippen LogP contribution in [0.15, 0.2) is 11.6 Å². The van der Waals surface area contributed by atoms with Gasteiger partial charge in [0, 0.05) is 57.3 Å². The second kappa shape index (κ2) is 8.39. The first-order valence-electron chi connectivity index (χ1n) is 9.95. The minimum Gasteiger partial charge on any atom is -0.355 e. The number of nitrogens with zero attached hydrogens (tertiary/aromatic N) is 4. The molecular weight excluding hydrogens is 362 g/mol. The van der Waals surface area contributed by atoms with E-state index >= 15 is 0 Å². The minimum atomic E-state index is 0.0619. The van der Waals surface area contributed by atoms with Crippen molar-refractivity contribution in [3.05, 3.63) is 23.0 Å². The molecule has 4 heterocycles. The molecule has 2 aromatic rings. The number of carbonyl (C=O) groups is 2. The Morgan fingerprint density at radius 3 is 2.70 bits per heavy atom. The molecule has 0 unspecified atom stereocenters. The number of carbonyl (C=O) groups excluding carboxylic acids is 2. The van der Waals surface area contributed by atoms with Crippen molar-refractivity contribution >= 4 is 28.1 Å². The minimum absolute atomic E-state index is 0.0619. The number of aromatic nitrogens is 2. The van der Waals surface area contributed by atoms with Crippen molar-refractivity contribution in [1.82, 2.24) is 24.5 Å². The molecule has 2 amide bonds. The molecule has 1 N–H and O–H groups in total. The number of likely N-dealkylation sites (tertiary alicyclic amines) is 1. The first kappa shape index (κ1) is 18.4. The summed E-state index contributed by atoms with van der Waals surface area (Å²) >= 11 is 1.56. The number of thiazole rings is 1. The molecule has 0 bridgehead atoms. The summed E-state index contributed by atoms with van der Waals surface area (Å²) in [6.07, 6.45) is 8.31. The second-order valence-corrected chi connectivity index (χ2v) is 8.27. The Balaban J connectivity index is 1.58. The molecule has 0 atom stereocenters. The molecule has 0 aromatic carbocycles. The summed E-state index contributed by atoms with van der Waals surface area (Å²) in [6, 6.07) is 0. The zero-order valence-electron chi connectivity index (χ0n) is 15.7. The first-order chi connectivity index (χ1) is 13.2. The molecule has 2 aliphatic heterocycles. The third-order valence-corrected chi connectivity index (χ3v) is 6.24. The molecule has 0 saturated carbocycles. The zero-order chi connectivity index (χ0) is 18.6. The largest absolute Gasteiger partial charge is 0.355 e. The molecular formula is C19H27N5O2S. The van der Waals surface area contributed by atoms with Gasteiger partial charge < -0.3 is 10.2 Å². The van der Waals surface area contributed by atoms with Gasteiger partial charge in [-0.2, -0.15) is 0 Å². The fraction of sp³-hybridized carbons (Fsp3) is 0.632. The van der Waals surface area contributed by atoms with E-state index in [1.54, 1.807) is 11.3 Å². The van der Waals surface area contributed by atoms with Crippen LogP contribution >= 0.6 is 11.3 Å². The molecule has 2 saturated heterocycles. The third kappa shape index (κ3) is 4.16. The zero-order valence-corrected chi connectivity index (χ0v) is 16.5. The van der Waals surface area contributed by atoms with E-state index in [2.05, 4.69) is 15.2 Å². The summed E-state index contributed by atoms with van der Waals surface area (Å²) < 4.78 is 2.04. The maximum absolute atomic E-state index is 13.3. The number of fused-ring (bicyclic) bond motifs is 1. The van der Waals surface area contributed by atoms with Crippen LogP contribution in [0.5, 0.6) is 0 Å². The van der Waals surface area contributed by atoms with Crippen LogP contribution in [0.1, 0.15) is 54.7 Å². The van der Waals surface area contributed by atoms with Crippen LogP contribution < -0.4 is 5.32 Å². The molecule has 7 nitrogen and oxygen atoms in total. The Hall–Kier alpha value is -1.93. The summed E-state index contributed by atoms with van der Waals surface area (Å²) in [5, 5.41) is 4.92. The highest BCUT2D eigenvalue weighted by molar-refractivity contribution is 7.15. The molecule has 0 aliphatic carbocycles. The lowest BCUT2D eigenvalue weighted by Crippen LogP contribution is -2.35. The van der Waals surface area contributed by atoms with E-state index in [0.717, 1.165) is 43.1 Å². The highest BCUT2D eigenvalue weighted by Gasteiger charge is 2.26. The topological polar surface area (TPSA) is 70.0 Å². The van der Waals surface area contributed by atoms with Crippen molar-refractivity contribution in [2.24, 2.45) is 0 Å². The van der Waals surface area contributed by atoms with Crippen molar-refractivity contribution in [3.63, 3.8) is 0 Å². The Bertz CT molecular complexity index is 806. The van der Waals surface area contributed by atoms with Crippen molar-refractivity contribution < 1.29 is 9.59 Å². The maximum Gasteiger partial charge on any atom is 0.274 e. The van der Waals surface area contributed by atoms with Gasteiger partial charge in [0.25, 0.3) is 5.91 Å². The predicted octanol–water partition coefficient (Wildman–Crippen LogP) is 2.12. The van der Waals surface area contributed by atoms with Gasteiger partial charge in [-0.05, 0) is 12.8 Å². The van der Waals surface area contributed by atoms with Gasteiger partial charge in [0.05, 0.1) is 5.69 Å². The fourth-order valence-corrected chi connectivity index (χ4v) is 4.67. The predicted molar refractivity (Wildman–Crippen MR) is 105 cm³/mol. The van der Waals surface area contributed by atoms with Crippen molar-refractivity contribution in [1.29, 1.82) is 0 Å². The van der Waals surface area contributed by atoms with Gasteiger partial charge in [0.1, 0.15) is 0 Å². The Morgan fingerprint density at radius 2 is 1.89 bits per heavy atom. The number of amides is 2. The maximum atomic E-state index is 13.3. The second-order valence-electron chi connectivity index (χ2n) is 7.40. The van der Waals surface area contributed by atoms with Gasteiger partial charge in [0.2, 0.25) is 5.91 Å². The molecule has 146 valence electrons. The molecule has 8 heteroatoms. The van der Waals surface area contributed by atoms with E-state index in [-0.39, 0.29) is 11.8 Å². The summed E-state index contributed by atoms with van der Waals surface area (Å²) in [6.45, 7) is 4.44. The highest BCUT2D eigenvalue weighted by Crippen LogP contribution is 2.22. The van der Waals surface area contributed by atoms with Crippen LogP contribution in [0.4, 0.5) is 0 Å². The Labute approximate surface area is 163 Å². The first-order valence-corrected chi connectivity index (χ1v) is 10.8. The van der Waals surface area contributed by atoms with Gasteiger partial charge in [0.15, 0.2) is 10.7 Å². The quantitative estimate of drug-likeness (QED) is 0.873. The SMILES string of the molecule is O=C1CCN(Cc2c(C(=O)N3CCCCCCC3)nc3sccn23)CCN1. The number of imidazole rings is 1. The standard InChI is InChI=1S/C19H27N5O2S/c25-16-6-10-22(11-7-20-16)14-15-17(21-19-24(15)12-13-27-19)18(26)23-8-4-2-1-3-5-9-23/h12-13H,1-11,14H2,(H,20,25). The van der Waals surface area contributed by atoms with E-state index < -0.39 is 0 Å². The molecule has 2 fully saturated rings. The van der Waals surface area contributed by atoms with E-state index in [4.69, 9.17) is 0 Å². The highest BCUT2D eigenvalue weighted by atomic mass is 32.1. The summed E-state index contributed by atoms with van der Waals surface area (Å²) in [4.78, 5) is 34.7. The molecule has 2 aromatic heterocycles. The van der Waals surface area contributed by atoms with Gasteiger partial charge >= 0.3 is 0 Å². The molecule has 27 heavy (non-hydrogen) atoms. The molecule has 2 aliphatic rings. The normalized spacial score (nSPS) is 20.1. The third-order valence-electron chi connectivity index (χ3n) is 5.49. The van der Waals surface area contributed by atoms with Crippen LogP contribution in [-0.4, -0.2) is 63.7 Å². The summed E-state index contributed by atoms with van der Waals surface area (Å²) in [5.74, 6) is 0.162. The fourth-order valence-electron chi connectivity index (χ4n) is 3.94. The van der Waals surface area contributed by atoms with Crippen molar-refractivity contribution in [2.45, 2.75) is 45.1 Å². The van der Waals surface area contributed by atoms with Crippen LogP contribution in [0, 0.1) is 0 Å². The van der Waals surface area contributed by atoms with Crippen LogP contribution in [0.25, 0.3) is 4.96 Å². The number of hydrogen-bond donors (Lipinski definition) is 1. The lowest BCUT2D eigenvalue weighted by atomic mass is 10.1. The van der Waals surface area contributed by atoms with E-state index in [1.165, 1.54) is 19.3 Å².